The van der Waals surface area contributed by atoms with Gasteiger partial charge < -0.3 is 10.8 Å². The summed E-state index contributed by atoms with van der Waals surface area (Å²) in [7, 11) is 4.23. The zero-order chi connectivity index (χ0) is 27.2. The van der Waals surface area contributed by atoms with Gasteiger partial charge in [-0.05, 0) is 33.0 Å². The first-order valence-corrected chi connectivity index (χ1v) is 11.7. The van der Waals surface area contributed by atoms with E-state index in [0.717, 1.165) is 26.1 Å². The molecule has 1 aromatic carbocycles. The zero-order valence-electron chi connectivity index (χ0n) is 21.9. The van der Waals surface area contributed by atoms with Crippen molar-refractivity contribution < 1.29 is 9.67 Å². The predicted molar refractivity (Wildman–Crippen MR) is 143 cm³/mol. The SMILES string of the molecule is CC.CN.Cn1c(O)c(/C=C/C=C(\C#N)c2cc[n+]3c(c2)C(C)(C)c2ccccc2-3)c(=O)n(C)c1=O. The minimum atomic E-state index is -0.614. The lowest BCUT2D eigenvalue weighted by Gasteiger charge is -2.14. The van der Waals surface area contributed by atoms with Crippen molar-refractivity contribution in [3.05, 3.63) is 98.0 Å². The molecule has 0 fully saturated rings. The van der Waals surface area contributed by atoms with Gasteiger partial charge in [-0.15, -0.1) is 0 Å². The van der Waals surface area contributed by atoms with Gasteiger partial charge in [-0.1, -0.05) is 38.1 Å². The molecule has 0 saturated heterocycles. The molecule has 0 unspecified atom stereocenters. The molecule has 0 radical (unpaired) electrons. The zero-order valence-corrected chi connectivity index (χ0v) is 21.9. The van der Waals surface area contributed by atoms with Crippen LogP contribution in [0.5, 0.6) is 5.88 Å². The highest BCUT2D eigenvalue weighted by Crippen LogP contribution is 2.38. The average molecular weight is 489 g/mol. The van der Waals surface area contributed by atoms with Gasteiger partial charge in [0.1, 0.15) is 5.56 Å². The van der Waals surface area contributed by atoms with Crippen molar-refractivity contribution in [1.29, 1.82) is 5.26 Å². The summed E-state index contributed by atoms with van der Waals surface area (Å²) in [6, 6.07) is 14.3. The second kappa shape index (κ2) is 11.5. The van der Waals surface area contributed by atoms with Crippen molar-refractivity contribution in [3.8, 4) is 17.6 Å². The Kier molecular flexibility index (Phi) is 8.93. The molecule has 2 aromatic heterocycles. The number of fused-ring (bicyclic) bond motifs is 3. The molecule has 8 heteroatoms. The largest absolute Gasteiger partial charge is 0.494 e. The van der Waals surface area contributed by atoms with Crippen molar-refractivity contribution in [2.45, 2.75) is 33.1 Å². The number of allylic oxidation sites excluding steroid dienone is 3. The lowest BCUT2D eigenvalue weighted by molar-refractivity contribution is -0.599. The lowest BCUT2D eigenvalue weighted by atomic mass is 9.82. The molecule has 0 bridgehead atoms. The van der Waals surface area contributed by atoms with E-state index in [4.69, 9.17) is 0 Å². The standard InChI is InChI=1S/C25H22N4O3.C2H6.CH5N/c1-25(2)19-10-5-6-11-20(19)29-13-12-16(14-21(25)29)17(15-26)8-7-9-18-22(30)27(3)24(32)28(4)23(18)31;2*1-2/h5-14H,1-4H3;1-2H3;2H2,1H3/p+1. The van der Waals surface area contributed by atoms with Crippen LogP contribution in [0, 0.1) is 11.3 Å². The Bertz CT molecular complexity index is 1480. The second-order valence-electron chi connectivity index (χ2n) is 8.31. The van der Waals surface area contributed by atoms with E-state index in [9.17, 15) is 20.0 Å². The van der Waals surface area contributed by atoms with E-state index >= 15 is 0 Å². The molecule has 4 rings (SSSR count). The van der Waals surface area contributed by atoms with Crippen LogP contribution >= 0.6 is 0 Å². The number of hydrogen-bond donors (Lipinski definition) is 2. The third-order valence-corrected chi connectivity index (χ3v) is 6.06. The third-order valence-electron chi connectivity index (χ3n) is 6.06. The Hall–Kier alpha value is -4.22. The van der Waals surface area contributed by atoms with E-state index in [1.165, 1.54) is 38.9 Å². The maximum Gasteiger partial charge on any atom is 0.333 e. The molecule has 0 amide bonds. The Morgan fingerprint density at radius 1 is 1.11 bits per heavy atom. The van der Waals surface area contributed by atoms with Crippen LogP contribution in [0.4, 0.5) is 0 Å². The van der Waals surface area contributed by atoms with E-state index in [1.54, 1.807) is 6.08 Å². The summed E-state index contributed by atoms with van der Waals surface area (Å²) in [6.07, 6.45) is 6.48. The van der Waals surface area contributed by atoms with Gasteiger partial charge in [-0.2, -0.15) is 9.83 Å². The van der Waals surface area contributed by atoms with E-state index in [0.29, 0.717) is 5.57 Å². The molecule has 3 aromatic rings. The second-order valence-corrected chi connectivity index (χ2v) is 8.31. The van der Waals surface area contributed by atoms with Crippen LogP contribution in [0.3, 0.4) is 0 Å². The number of aromatic hydroxyl groups is 1. The van der Waals surface area contributed by atoms with Gasteiger partial charge >= 0.3 is 5.69 Å². The first-order valence-electron chi connectivity index (χ1n) is 11.7. The Morgan fingerprint density at radius 3 is 2.39 bits per heavy atom. The number of nitrogens with two attached hydrogens (primary N) is 1. The molecule has 3 N–H and O–H groups in total. The van der Waals surface area contributed by atoms with Gasteiger partial charge in [0, 0.05) is 43.4 Å². The average Bonchev–Trinajstić information content (AvgIpc) is 3.14. The van der Waals surface area contributed by atoms with Crippen LogP contribution in [0.15, 0.2) is 64.3 Å². The fourth-order valence-corrected chi connectivity index (χ4v) is 4.15. The van der Waals surface area contributed by atoms with Gasteiger partial charge in [0.15, 0.2) is 11.9 Å². The minimum absolute atomic E-state index is 0.0239. The normalized spacial score (nSPS) is 13.0. The molecular formula is C28H34N5O3+. The molecular weight excluding hydrogens is 454 g/mol. The van der Waals surface area contributed by atoms with Crippen LogP contribution in [0.25, 0.3) is 17.3 Å². The van der Waals surface area contributed by atoms with Gasteiger partial charge in [0.05, 0.1) is 17.1 Å². The molecule has 36 heavy (non-hydrogen) atoms. The summed E-state index contributed by atoms with van der Waals surface area (Å²) in [6.45, 7) is 8.31. The molecule has 8 nitrogen and oxygen atoms in total. The smallest absolute Gasteiger partial charge is 0.333 e. The number of rotatable bonds is 3. The summed E-state index contributed by atoms with van der Waals surface area (Å²) in [5.41, 5.74) is 7.63. The monoisotopic (exact) mass is 488 g/mol. The maximum atomic E-state index is 12.3. The lowest BCUT2D eigenvalue weighted by Crippen LogP contribution is -2.37. The highest BCUT2D eigenvalue weighted by Gasteiger charge is 2.43. The number of nitriles is 1. The fourth-order valence-electron chi connectivity index (χ4n) is 4.15. The number of hydrogen-bond acceptors (Lipinski definition) is 5. The van der Waals surface area contributed by atoms with Gasteiger partial charge in [-0.25, -0.2) is 4.79 Å². The Balaban J connectivity index is 0.00000109. The summed E-state index contributed by atoms with van der Waals surface area (Å²) in [5, 5.41) is 19.9. The minimum Gasteiger partial charge on any atom is -0.494 e. The van der Waals surface area contributed by atoms with E-state index in [2.05, 4.69) is 42.4 Å². The van der Waals surface area contributed by atoms with Crippen molar-refractivity contribution >= 4 is 11.6 Å². The predicted octanol–water partition coefficient (Wildman–Crippen LogP) is 2.93. The van der Waals surface area contributed by atoms with E-state index in [-0.39, 0.29) is 11.0 Å². The number of nitrogens with zero attached hydrogens (tertiary/aromatic N) is 4. The number of pyridine rings is 1. The van der Waals surface area contributed by atoms with E-state index < -0.39 is 17.1 Å². The quantitative estimate of drug-likeness (QED) is 0.334. The maximum absolute atomic E-state index is 12.3. The Morgan fingerprint density at radius 2 is 1.75 bits per heavy atom. The summed E-state index contributed by atoms with van der Waals surface area (Å²) in [5.74, 6) is -0.422. The van der Waals surface area contributed by atoms with Crippen molar-refractivity contribution in [3.63, 3.8) is 0 Å². The molecule has 0 saturated carbocycles. The summed E-state index contributed by atoms with van der Waals surface area (Å²) in [4.78, 5) is 24.2. The van der Waals surface area contributed by atoms with Crippen LogP contribution in [0.2, 0.25) is 0 Å². The van der Waals surface area contributed by atoms with Crippen molar-refractivity contribution in [2.24, 2.45) is 19.8 Å². The first kappa shape index (κ1) is 28.0. The molecule has 0 aliphatic carbocycles. The molecule has 3 heterocycles. The first-order chi connectivity index (χ1) is 17.2. The van der Waals surface area contributed by atoms with Crippen LogP contribution < -0.4 is 21.5 Å². The fraction of sp³-hybridized carbons (Fsp3) is 0.286. The van der Waals surface area contributed by atoms with Gasteiger partial charge in [-0.3, -0.25) is 13.9 Å². The molecule has 188 valence electrons. The van der Waals surface area contributed by atoms with Gasteiger partial charge in [0.25, 0.3) is 5.56 Å². The third kappa shape index (κ3) is 4.79. The van der Waals surface area contributed by atoms with E-state index in [1.807, 2.05) is 44.3 Å². The molecule has 0 atom stereocenters. The van der Waals surface area contributed by atoms with Crippen LogP contribution in [-0.4, -0.2) is 21.3 Å². The van der Waals surface area contributed by atoms with Crippen LogP contribution in [0.1, 0.15) is 50.1 Å². The van der Waals surface area contributed by atoms with Crippen molar-refractivity contribution in [2.75, 3.05) is 7.05 Å². The topological polar surface area (TPSA) is 118 Å². The Labute approximate surface area is 211 Å². The number of aromatic nitrogens is 3. The van der Waals surface area contributed by atoms with Gasteiger partial charge in [0.2, 0.25) is 11.6 Å². The number of para-hydroxylation sites is 1. The van der Waals surface area contributed by atoms with Crippen molar-refractivity contribution in [1.82, 2.24) is 9.13 Å². The number of benzene rings is 1. The molecule has 1 aliphatic rings. The molecule has 1 aliphatic heterocycles. The molecule has 0 spiro atoms. The van der Waals surface area contributed by atoms with Crippen LogP contribution in [-0.2, 0) is 19.5 Å². The highest BCUT2D eigenvalue weighted by molar-refractivity contribution is 5.79. The summed E-state index contributed by atoms with van der Waals surface area (Å²) >= 11 is 0. The highest BCUT2D eigenvalue weighted by atomic mass is 16.3. The summed E-state index contributed by atoms with van der Waals surface area (Å²) < 4.78 is 4.05.